The fourth-order valence-corrected chi connectivity index (χ4v) is 4.81. The van der Waals surface area contributed by atoms with Crippen LogP contribution in [0.4, 0.5) is 0 Å². The number of nitrogens with zero attached hydrogens (tertiary/aromatic N) is 1. The first-order valence-electron chi connectivity index (χ1n) is 8.31. The van der Waals surface area contributed by atoms with Gasteiger partial charge >= 0.3 is 5.97 Å². The van der Waals surface area contributed by atoms with Crippen molar-refractivity contribution in [2.75, 3.05) is 20.2 Å². The average molecular weight is 368 g/mol. The molecular formula is C17H24N2O5S. The highest BCUT2D eigenvalue weighted by atomic mass is 32.2. The maximum absolute atomic E-state index is 13.1. The van der Waals surface area contributed by atoms with Gasteiger partial charge in [-0.05, 0) is 43.9 Å². The minimum Gasteiger partial charge on any atom is -0.465 e. The highest BCUT2D eigenvalue weighted by molar-refractivity contribution is 7.89. The van der Waals surface area contributed by atoms with Crippen molar-refractivity contribution in [2.45, 2.75) is 44.0 Å². The Hall–Kier alpha value is -1.93. The van der Waals surface area contributed by atoms with Crippen LogP contribution in [0.1, 0.15) is 42.1 Å². The predicted molar refractivity (Wildman–Crippen MR) is 92.7 cm³/mol. The lowest BCUT2D eigenvalue weighted by molar-refractivity contribution is -0.124. The van der Waals surface area contributed by atoms with E-state index in [1.54, 1.807) is 13.0 Å². The monoisotopic (exact) mass is 368 g/mol. The molecule has 0 unspecified atom stereocenters. The molecule has 0 aliphatic carbocycles. The molecule has 1 aromatic carbocycles. The molecule has 0 aromatic heterocycles. The third kappa shape index (κ3) is 4.01. The van der Waals surface area contributed by atoms with Crippen LogP contribution in [-0.4, -0.2) is 50.8 Å². The second-order valence-corrected chi connectivity index (χ2v) is 7.90. The Labute approximate surface area is 148 Å². The van der Waals surface area contributed by atoms with Crippen LogP contribution in [-0.2, 0) is 19.6 Å². The van der Waals surface area contributed by atoms with Crippen LogP contribution in [0.15, 0.2) is 23.1 Å². The Morgan fingerprint density at radius 2 is 2.08 bits per heavy atom. The summed E-state index contributed by atoms with van der Waals surface area (Å²) in [7, 11) is -2.65. The van der Waals surface area contributed by atoms with Crippen molar-refractivity contribution in [3.05, 3.63) is 29.3 Å². The minimum atomic E-state index is -3.89. The van der Waals surface area contributed by atoms with Gasteiger partial charge in [-0.3, -0.25) is 4.79 Å². The van der Waals surface area contributed by atoms with E-state index in [4.69, 9.17) is 0 Å². The number of carbonyl (C=O) groups excluding carboxylic acids is 2. The van der Waals surface area contributed by atoms with Gasteiger partial charge in [0.2, 0.25) is 15.9 Å². The lowest BCUT2D eigenvalue weighted by atomic mass is 10.1. The van der Waals surface area contributed by atoms with Gasteiger partial charge in [0.1, 0.15) is 6.04 Å². The molecule has 1 amide bonds. The summed E-state index contributed by atoms with van der Waals surface area (Å²) in [6.07, 6.45) is 1.90. The van der Waals surface area contributed by atoms with Crippen LogP contribution in [0.3, 0.4) is 0 Å². The SMILES string of the molecule is CCCNC(=O)[C@@H]1CCCN1S(=O)(=O)c1cc(C(=O)OC)ccc1C. The summed E-state index contributed by atoms with van der Waals surface area (Å²) in [5.74, 6) is -0.875. The van der Waals surface area contributed by atoms with Crippen LogP contribution in [0.25, 0.3) is 0 Å². The smallest absolute Gasteiger partial charge is 0.337 e. The molecule has 1 fully saturated rings. The van der Waals surface area contributed by atoms with Gasteiger partial charge in [0, 0.05) is 13.1 Å². The first kappa shape index (κ1) is 19.4. The Bertz CT molecular complexity index is 760. The van der Waals surface area contributed by atoms with E-state index < -0.39 is 22.0 Å². The van der Waals surface area contributed by atoms with Gasteiger partial charge in [0.15, 0.2) is 0 Å². The standard InChI is InChI=1S/C17H24N2O5S/c1-4-9-18-16(20)14-6-5-10-19(14)25(22,23)15-11-13(17(21)24-3)8-7-12(15)2/h7-8,11,14H,4-6,9-10H2,1-3H3,(H,18,20)/t14-/m0/s1. The van der Waals surface area contributed by atoms with Gasteiger partial charge in [-0.1, -0.05) is 13.0 Å². The van der Waals surface area contributed by atoms with E-state index in [0.717, 1.165) is 6.42 Å². The molecule has 25 heavy (non-hydrogen) atoms. The van der Waals surface area contributed by atoms with Crippen molar-refractivity contribution in [1.82, 2.24) is 9.62 Å². The highest BCUT2D eigenvalue weighted by Gasteiger charge is 2.40. The molecule has 1 atom stereocenters. The topological polar surface area (TPSA) is 92.8 Å². The Balaban J connectivity index is 2.37. The lowest BCUT2D eigenvalue weighted by Gasteiger charge is -2.24. The Morgan fingerprint density at radius 1 is 1.36 bits per heavy atom. The number of methoxy groups -OCH3 is 1. The normalized spacial score (nSPS) is 18.1. The van der Waals surface area contributed by atoms with Gasteiger partial charge in [0.25, 0.3) is 0 Å². The summed E-state index contributed by atoms with van der Waals surface area (Å²) in [5.41, 5.74) is 0.685. The zero-order valence-electron chi connectivity index (χ0n) is 14.7. The molecule has 1 N–H and O–H groups in total. The van der Waals surface area contributed by atoms with E-state index >= 15 is 0 Å². The van der Waals surface area contributed by atoms with E-state index in [1.807, 2.05) is 6.92 Å². The molecule has 1 aliphatic rings. The maximum Gasteiger partial charge on any atom is 0.337 e. The van der Waals surface area contributed by atoms with Crippen molar-refractivity contribution in [3.8, 4) is 0 Å². The number of carbonyl (C=O) groups is 2. The number of hydrogen-bond donors (Lipinski definition) is 1. The molecule has 0 radical (unpaired) electrons. The zero-order chi connectivity index (χ0) is 18.6. The van der Waals surface area contributed by atoms with E-state index in [1.165, 1.54) is 23.5 Å². The number of sulfonamides is 1. The fraction of sp³-hybridized carbons (Fsp3) is 0.529. The van der Waals surface area contributed by atoms with E-state index in [9.17, 15) is 18.0 Å². The molecule has 1 aliphatic heterocycles. The van der Waals surface area contributed by atoms with Gasteiger partial charge in [0.05, 0.1) is 17.6 Å². The highest BCUT2D eigenvalue weighted by Crippen LogP contribution is 2.28. The number of aryl methyl sites for hydroxylation is 1. The number of amides is 1. The molecule has 138 valence electrons. The molecule has 2 rings (SSSR count). The van der Waals surface area contributed by atoms with Crippen molar-refractivity contribution in [1.29, 1.82) is 0 Å². The Kier molecular flexibility index (Phi) is 6.18. The second-order valence-electron chi connectivity index (χ2n) is 6.04. The average Bonchev–Trinajstić information content (AvgIpc) is 3.10. The summed E-state index contributed by atoms with van der Waals surface area (Å²) in [4.78, 5) is 24.1. The number of esters is 1. The summed E-state index contributed by atoms with van der Waals surface area (Å²) < 4.78 is 32.1. The molecular weight excluding hydrogens is 344 g/mol. The quantitative estimate of drug-likeness (QED) is 0.768. The lowest BCUT2D eigenvalue weighted by Crippen LogP contribution is -2.46. The number of benzene rings is 1. The third-order valence-electron chi connectivity index (χ3n) is 4.25. The number of nitrogens with one attached hydrogen (secondary N) is 1. The summed E-state index contributed by atoms with van der Waals surface area (Å²) in [6.45, 7) is 4.40. The van der Waals surface area contributed by atoms with Crippen molar-refractivity contribution >= 4 is 21.9 Å². The molecule has 1 heterocycles. The van der Waals surface area contributed by atoms with Crippen molar-refractivity contribution in [3.63, 3.8) is 0 Å². The number of ether oxygens (including phenoxy) is 1. The minimum absolute atomic E-state index is 0.0330. The van der Waals surface area contributed by atoms with Crippen LogP contribution < -0.4 is 5.32 Å². The molecule has 0 spiro atoms. The third-order valence-corrected chi connectivity index (χ3v) is 6.30. The van der Waals surface area contributed by atoms with E-state index in [0.29, 0.717) is 24.9 Å². The first-order valence-corrected chi connectivity index (χ1v) is 9.75. The van der Waals surface area contributed by atoms with Crippen molar-refractivity contribution < 1.29 is 22.7 Å². The second kappa shape index (κ2) is 7.97. The van der Waals surface area contributed by atoms with Crippen molar-refractivity contribution in [2.24, 2.45) is 0 Å². The van der Waals surface area contributed by atoms with E-state index in [-0.39, 0.29) is 22.9 Å². The number of rotatable bonds is 6. The molecule has 1 saturated heterocycles. The molecule has 0 saturated carbocycles. The molecule has 1 aromatic rings. The van der Waals surface area contributed by atoms with Crippen LogP contribution in [0.5, 0.6) is 0 Å². The van der Waals surface area contributed by atoms with Crippen LogP contribution >= 0.6 is 0 Å². The van der Waals surface area contributed by atoms with Crippen LogP contribution in [0.2, 0.25) is 0 Å². The van der Waals surface area contributed by atoms with E-state index in [2.05, 4.69) is 10.1 Å². The molecule has 8 heteroatoms. The number of hydrogen-bond acceptors (Lipinski definition) is 5. The summed E-state index contributed by atoms with van der Waals surface area (Å²) in [5, 5.41) is 2.76. The van der Waals surface area contributed by atoms with Gasteiger partial charge in [-0.15, -0.1) is 0 Å². The first-order chi connectivity index (χ1) is 11.8. The molecule has 0 bridgehead atoms. The maximum atomic E-state index is 13.1. The summed E-state index contributed by atoms with van der Waals surface area (Å²) in [6, 6.07) is 3.70. The van der Waals surface area contributed by atoms with Gasteiger partial charge in [-0.2, -0.15) is 4.31 Å². The summed E-state index contributed by atoms with van der Waals surface area (Å²) >= 11 is 0. The van der Waals surface area contributed by atoms with Crippen LogP contribution in [0, 0.1) is 6.92 Å². The zero-order valence-corrected chi connectivity index (χ0v) is 15.6. The predicted octanol–water partition coefficient (Wildman–Crippen LogP) is 1.46. The molecule has 7 nitrogen and oxygen atoms in total. The largest absolute Gasteiger partial charge is 0.465 e. The Morgan fingerprint density at radius 3 is 2.72 bits per heavy atom. The van der Waals surface area contributed by atoms with Gasteiger partial charge in [-0.25, -0.2) is 13.2 Å². The van der Waals surface area contributed by atoms with Gasteiger partial charge < -0.3 is 10.1 Å². The fourth-order valence-electron chi connectivity index (χ4n) is 2.91.